The lowest BCUT2D eigenvalue weighted by Crippen LogP contribution is -2.04. The van der Waals surface area contributed by atoms with Crippen molar-refractivity contribution in [2.75, 3.05) is 0 Å². The van der Waals surface area contributed by atoms with Crippen LogP contribution in [0, 0.1) is 11.3 Å². The Labute approximate surface area is 83.0 Å². The normalized spacial score (nSPS) is 10.0. The predicted octanol–water partition coefficient (Wildman–Crippen LogP) is 1.90. The molecule has 0 heterocycles. The standard InChI is InChI=1S/C9H5F2NO3/c10-8(11)4-1-2-6(13)7(9(14)15)5(4)3-12/h1-2,8,13H,(H,14,15). The number of halogens is 2. The van der Waals surface area contributed by atoms with Crippen LogP contribution < -0.4 is 0 Å². The third-order valence-electron chi connectivity index (χ3n) is 1.78. The molecule has 0 amide bonds. The highest BCUT2D eigenvalue weighted by Crippen LogP contribution is 2.30. The van der Waals surface area contributed by atoms with Crippen LogP contribution in [0.4, 0.5) is 8.78 Å². The minimum absolute atomic E-state index is 0.701. The van der Waals surface area contributed by atoms with Gasteiger partial charge in [-0.15, -0.1) is 0 Å². The molecule has 2 N–H and O–H groups in total. The summed E-state index contributed by atoms with van der Waals surface area (Å²) in [6.45, 7) is 0. The summed E-state index contributed by atoms with van der Waals surface area (Å²) in [5.74, 6) is -2.32. The SMILES string of the molecule is N#Cc1c(C(F)F)ccc(O)c1C(=O)O. The van der Waals surface area contributed by atoms with E-state index in [9.17, 15) is 13.6 Å². The number of aromatic hydroxyl groups is 1. The fourth-order valence-electron chi connectivity index (χ4n) is 1.13. The summed E-state index contributed by atoms with van der Waals surface area (Å²) < 4.78 is 24.7. The molecular weight excluding hydrogens is 208 g/mol. The zero-order valence-corrected chi connectivity index (χ0v) is 7.24. The number of nitrogens with zero attached hydrogens (tertiary/aromatic N) is 1. The van der Waals surface area contributed by atoms with Gasteiger partial charge in [0.15, 0.2) is 0 Å². The Kier molecular flexibility index (Phi) is 2.85. The van der Waals surface area contributed by atoms with E-state index in [0.717, 1.165) is 12.1 Å². The second-order valence-corrected chi connectivity index (χ2v) is 2.64. The van der Waals surface area contributed by atoms with Gasteiger partial charge in [0.1, 0.15) is 17.4 Å². The number of rotatable bonds is 2. The Morgan fingerprint density at radius 2 is 2.07 bits per heavy atom. The van der Waals surface area contributed by atoms with Crippen LogP contribution in [0.15, 0.2) is 12.1 Å². The first-order valence-electron chi connectivity index (χ1n) is 3.76. The van der Waals surface area contributed by atoms with E-state index >= 15 is 0 Å². The monoisotopic (exact) mass is 213 g/mol. The van der Waals surface area contributed by atoms with E-state index in [1.165, 1.54) is 6.07 Å². The Morgan fingerprint density at radius 3 is 2.47 bits per heavy atom. The average molecular weight is 213 g/mol. The number of benzene rings is 1. The average Bonchev–Trinajstić information content (AvgIpc) is 2.15. The van der Waals surface area contributed by atoms with Gasteiger partial charge in [-0.05, 0) is 12.1 Å². The molecule has 1 aromatic carbocycles. The number of phenols is 1. The number of carboxylic acids is 1. The molecular formula is C9H5F2NO3. The predicted molar refractivity (Wildman–Crippen MR) is 44.7 cm³/mol. The van der Waals surface area contributed by atoms with E-state index in [2.05, 4.69) is 0 Å². The van der Waals surface area contributed by atoms with Crippen molar-refractivity contribution in [2.24, 2.45) is 0 Å². The summed E-state index contributed by atoms with van der Waals surface area (Å²) in [4.78, 5) is 10.6. The van der Waals surface area contributed by atoms with Gasteiger partial charge in [-0.25, -0.2) is 13.6 Å². The van der Waals surface area contributed by atoms with Crippen LogP contribution in [0.2, 0.25) is 0 Å². The van der Waals surface area contributed by atoms with E-state index in [4.69, 9.17) is 15.5 Å². The third-order valence-corrected chi connectivity index (χ3v) is 1.78. The largest absolute Gasteiger partial charge is 0.507 e. The maximum Gasteiger partial charge on any atom is 0.340 e. The maximum absolute atomic E-state index is 12.4. The number of carbonyl (C=O) groups is 1. The lowest BCUT2D eigenvalue weighted by molar-refractivity contribution is 0.0693. The number of nitriles is 1. The molecule has 0 bridgehead atoms. The van der Waals surface area contributed by atoms with Crippen LogP contribution in [0.25, 0.3) is 0 Å². The van der Waals surface area contributed by atoms with Crippen LogP contribution >= 0.6 is 0 Å². The summed E-state index contributed by atoms with van der Waals surface area (Å²) in [6.07, 6.45) is -2.96. The van der Waals surface area contributed by atoms with Crippen molar-refractivity contribution in [1.82, 2.24) is 0 Å². The smallest absolute Gasteiger partial charge is 0.340 e. The van der Waals surface area contributed by atoms with E-state index < -0.39 is 34.8 Å². The van der Waals surface area contributed by atoms with Gasteiger partial charge in [0.25, 0.3) is 6.43 Å². The number of hydrogen-bond acceptors (Lipinski definition) is 3. The summed E-state index contributed by atoms with van der Waals surface area (Å²) in [7, 11) is 0. The molecule has 0 spiro atoms. The molecule has 0 saturated heterocycles. The highest BCUT2D eigenvalue weighted by Gasteiger charge is 2.22. The number of carboxylic acid groups (broad SMARTS) is 1. The minimum atomic E-state index is -2.96. The van der Waals surface area contributed by atoms with Crippen molar-refractivity contribution < 1.29 is 23.8 Å². The first kappa shape index (κ1) is 10.9. The second kappa shape index (κ2) is 3.92. The molecule has 0 aliphatic heterocycles. The minimum Gasteiger partial charge on any atom is -0.507 e. The van der Waals surface area contributed by atoms with Crippen LogP contribution in [0.5, 0.6) is 5.75 Å². The zero-order chi connectivity index (χ0) is 11.6. The molecule has 78 valence electrons. The first-order chi connectivity index (χ1) is 6.99. The van der Waals surface area contributed by atoms with Gasteiger partial charge in [0.05, 0.1) is 5.56 Å². The Morgan fingerprint density at radius 1 is 1.47 bits per heavy atom. The first-order valence-corrected chi connectivity index (χ1v) is 3.76. The summed E-state index contributed by atoms with van der Waals surface area (Å²) in [6, 6.07) is 3.00. The molecule has 0 saturated carbocycles. The van der Waals surface area contributed by atoms with E-state index in [1.54, 1.807) is 0 Å². The number of hydrogen-bond donors (Lipinski definition) is 2. The van der Waals surface area contributed by atoms with Gasteiger partial charge in [-0.2, -0.15) is 5.26 Å². The van der Waals surface area contributed by atoms with Crippen LogP contribution in [-0.4, -0.2) is 16.2 Å². The summed E-state index contributed by atoms with van der Waals surface area (Å²) in [5, 5.41) is 26.3. The Bertz CT molecular complexity index is 451. The van der Waals surface area contributed by atoms with Crippen molar-refractivity contribution in [1.29, 1.82) is 5.26 Å². The second-order valence-electron chi connectivity index (χ2n) is 2.64. The molecule has 0 aliphatic carbocycles. The highest BCUT2D eigenvalue weighted by molar-refractivity contribution is 5.94. The fraction of sp³-hybridized carbons (Fsp3) is 0.111. The summed E-state index contributed by atoms with van der Waals surface area (Å²) in [5.41, 5.74) is -2.21. The fourth-order valence-corrected chi connectivity index (χ4v) is 1.13. The van der Waals surface area contributed by atoms with Crippen LogP contribution in [0.3, 0.4) is 0 Å². The third kappa shape index (κ3) is 1.86. The quantitative estimate of drug-likeness (QED) is 0.785. The molecule has 15 heavy (non-hydrogen) atoms. The van der Waals surface area contributed by atoms with Gasteiger partial charge < -0.3 is 10.2 Å². The van der Waals surface area contributed by atoms with Gasteiger partial charge in [-0.1, -0.05) is 0 Å². The van der Waals surface area contributed by atoms with Crippen molar-refractivity contribution in [3.63, 3.8) is 0 Å². The van der Waals surface area contributed by atoms with E-state index in [-0.39, 0.29) is 0 Å². The molecule has 0 atom stereocenters. The molecule has 1 aromatic rings. The topological polar surface area (TPSA) is 81.3 Å². The van der Waals surface area contributed by atoms with Gasteiger partial charge >= 0.3 is 5.97 Å². The Hall–Kier alpha value is -2.16. The number of alkyl halides is 2. The molecule has 0 radical (unpaired) electrons. The molecule has 1 rings (SSSR count). The van der Waals surface area contributed by atoms with Crippen molar-refractivity contribution in [3.05, 3.63) is 28.8 Å². The highest BCUT2D eigenvalue weighted by atomic mass is 19.3. The van der Waals surface area contributed by atoms with Crippen molar-refractivity contribution in [3.8, 4) is 11.8 Å². The van der Waals surface area contributed by atoms with E-state index in [1.807, 2.05) is 0 Å². The van der Waals surface area contributed by atoms with Crippen LogP contribution in [0.1, 0.15) is 27.9 Å². The maximum atomic E-state index is 12.4. The molecule has 0 unspecified atom stereocenters. The van der Waals surface area contributed by atoms with Crippen molar-refractivity contribution in [2.45, 2.75) is 6.43 Å². The van der Waals surface area contributed by atoms with Crippen molar-refractivity contribution >= 4 is 5.97 Å². The molecule has 0 aromatic heterocycles. The van der Waals surface area contributed by atoms with Gasteiger partial charge in [0.2, 0.25) is 0 Å². The van der Waals surface area contributed by atoms with Crippen LogP contribution in [-0.2, 0) is 0 Å². The molecule has 0 aliphatic rings. The zero-order valence-electron chi connectivity index (χ0n) is 7.24. The lowest BCUT2D eigenvalue weighted by Gasteiger charge is -2.07. The molecule has 4 nitrogen and oxygen atoms in total. The van der Waals surface area contributed by atoms with Gasteiger partial charge in [0, 0.05) is 5.56 Å². The molecule has 6 heteroatoms. The number of aromatic carboxylic acids is 1. The lowest BCUT2D eigenvalue weighted by atomic mass is 10.0. The van der Waals surface area contributed by atoms with Gasteiger partial charge in [-0.3, -0.25) is 0 Å². The summed E-state index contributed by atoms with van der Waals surface area (Å²) >= 11 is 0. The molecule has 0 fully saturated rings. The van der Waals surface area contributed by atoms with E-state index in [0.29, 0.717) is 0 Å². The Balaban J connectivity index is 3.56.